The first kappa shape index (κ1) is 22.0. The summed E-state index contributed by atoms with van der Waals surface area (Å²) in [5, 5.41) is 0.964. The van der Waals surface area contributed by atoms with Crippen LogP contribution in [0.25, 0.3) is 22.3 Å². The van der Waals surface area contributed by atoms with E-state index in [1.165, 1.54) is 0 Å². The zero-order valence-electron chi connectivity index (χ0n) is 18.1. The van der Waals surface area contributed by atoms with Crippen molar-refractivity contribution in [3.05, 3.63) is 82.8 Å². The number of aryl methyl sites for hydroxylation is 1. The molecule has 0 bridgehead atoms. The summed E-state index contributed by atoms with van der Waals surface area (Å²) in [4.78, 5) is 12.2. The lowest BCUT2D eigenvalue weighted by Gasteiger charge is -2.35. The van der Waals surface area contributed by atoms with E-state index < -0.39 is 10.0 Å². The lowest BCUT2D eigenvalue weighted by atomic mass is 10.1. The number of rotatable bonds is 4. The molecule has 0 aliphatic carbocycles. The molecule has 1 fully saturated rings. The number of halogens is 1. The Labute approximate surface area is 202 Å². The molecule has 0 radical (unpaired) electrons. The van der Waals surface area contributed by atoms with Crippen molar-refractivity contribution >= 4 is 42.7 Å². The Balaban J connectivity index is 1.45. The second-order valence-electron chi connectivity index (χ2n) is 8.10. The standard InChI is InChI=1S/C25H23BrN4O2S/c1-18-9-11-21(12-10-18)33(31,32)30-15-13-29(14-16-30)25-22-7-2-3-8-23(22)27-24(28-25)19-5-4-6-20(26)17-19/h2-12,17H,13-16H2,1H3. The lowest BCUT2D eigenvalue weighted by Crippen LogP contribution is -2.49. The molecule has 0 amide bonds. The highest BCUT2D eigenvalue weighted by molar-refractivity contribution is 9.10. The van der Waals surface area contributed by atoms with Crippen molar-refractivity contribution in [2.75, 3.05) is 31.1 Å². The fraction of sp³-hybridized carbons (Fsp3) is 0.200. The smallest absolute Gasteiger partial charge is 0.243 e. The van der Waals surface area contributed by atoms with Gasteiger partial charge in [-0.2, -0.15) is 4.31 Å². The first-order valence-corrected chi connectivity index (χ1v) is 13.0. The Morgan fingerprint density at radius 2 is 1.58 bits per heavy atom. The summed E-state index contributed by atoms with van der Waals surface area (Å²) >= 11 is 3.52. The van der Waals surface area contributed by atoms with Gasteiger partial charge in [0.25, 0.3) is 0 Å². The van der Waals surface area contributed by atoms with Gasteiger partial charge in [-0.25, -0.2) is 18.4 Å². The topological polar surface area (TPSA) is 66.4 Å². The molecule has 2 heterocycles. The fourth-order valence-corrected chi connectivity index (χ4v) is 5.88. The third-order valence-electron chi connectivity index (χ3n) is 5.86. The molecule has 1 saturated heterocycles. The zero-order chi connectivity index (χ0) is 23.0. The molecule has 4 aromatic rings. The first-order chi connectivity index (χ1) is 15.9. The average Bonchev–Trinajstić information content (AvgIpc) is 2.84. The molecule has 0 atom stereocenters. The number of hydrogen-bond donors (Lipinski definition) is 0. The van der Waals surface area contributed by atoms with Gasteiger partial charge >= 0.3 is 0 Å². The highest BCUT2D eigenvalue weighted by Gasteiger charge is 2.29. The van der Waals surface area contributed by atoms with E-state index in [1.54, 1.807) is 16.4 Å². The van der Waals surface area contributed by atoms with Gasteiger partial charge < -0.3 is 4.90 Å². The SMILES string of the molecule is Cc1ccc(S(=O)(=O)N2CCN(c3nc(-c4cccc(Br)c4)nc4ccccc34)CC2)cc1. The van der Waals surface area contributed by atoms with Crippen molar-refractivity contribution in [1.29, 1.82) is 0 Å². The Kier molecular flexibility index (Phi) is 5.90. The number of para-hydroxylation sites is 1. The minimum atomic E-state index is -3.51. The maximum Gasteiger partial charge on any atom is 0.243 e. The summed E-state index contributed by atoms with van der Waals surface area (Å²) in [5.41, 5.74) is 2.83. The van der Waals surface area contributed by atoms with Crippen LogP contribution < -0.4 is 4.90 Å². The van der Waals surface area contributed by atoms with Crippen LogP contribution in [0, 0.1) is 6.92 Å². The normalized spacial score (nSPS) is 15.2. The largest absolute Gasteiger partial charge is 0.353 e. The molecule has 168 valence electrons. The Morgan fingerprint density at radius 1 is 0.848 bits per heavy atom. The Bertz CT molecular complexity index is 1420. The van der Waals surface area contributed by atoms with Crippen molar-refractivity contribution < 1.29 is 8.42 Å². The highest BCUT2D eigenvalue weighted by Crippen LogP contribution is 2.30. The average molecular weight is 523 g/mol. The minimum absolute atomic E-state index is 0.339. The van der Waals surface area contributed by atoms with Crippen LogP contribution >= 0.6 is 15.9 Å². The molecule has 5 rings (SSSR count). The van der Waals surface area contributed by atoms with E-state index in [0.717, 1.165) is 32.3 Å². The van der Waals surface area contributed by atoms with Gasteiger partial charge in [-0.1, -0.05) is 57.9 Å². The predicted molar refractivity (Wildman–Crippen MR) is 135 cm³/mol. The first-order valence-electron chi connectivity index (χ1n) is 10.8. The summed E-state index contributed by atoms with van der Waals surface area (Å²) in [6, 6.07) is 22.9. The summed E-state index contributed by atoms with van der Waals surface area (Å²) in [5.74, 6) is 1.49. The Hall–Kier alpha value is -2.81. The molecule has 6 nitrogen and oxygen atoms in total. The molecule has 33 heavy (non-hydrogen) atoms. The summed E-state index contributed by atoms with van der Waals surface area (Å²) in [7, 11) is -3.51. The van der Waals surface area contributed by atoms with Gasteiger partial charge in [-0.05, 0) is 43.3 Å². The number of sulfonamides is 1. The third-order valence-corrected chi connectivity index (χ3v) is 8.27. The van der Waals surface area contributed by atoms with Gasteiger partial charge in [0.1, 0.15) is 5.82 Å². The van der Waals surface area contributed by atoms with Gasteiger partial charge in [0.2, 0.25) is 10.0 Å². The van der Waals surface area contributed by atoms with Crippen LogP contribution in [0.2, 0.25) is 0 Å². The second-order valence-corrected chi connectivity index (χ2v) is 11.0. The molecule has 1 aliphatic heterocycles. The van der Waals surface area contributed by atoms with Crippen LogP contribution in [0.4, 0.5) is 5.82 Å². The van der Waals surface area contributed by atoms with Crippen molar-refractivity contribution in [2.45, 2.75) is 11.8 Å². The summed E-state index contributed by atoms with van der Waals surface area (Å²) in [6.45, 7) is 3.87. The molecular weight excluding hydrogens is 500 g/mol. The number of fused-ring (bicyclic) bond motifs is 1. The maximum atomic E-state index is 13.1. The Morgan fingerprint density at radius 3 is 2.30 bits per heavy atom. The molecule has 0 spiro atoms. The van der Waals surface area contributed by atoms with E-state index in [1.807, 2.05) is 67.6 Å². The van der Waals surface area contributed by atoms with E-state index in [9.17, 15) is 8.42 Å². The van der Waals surface area contributed by atoms with Crippen LogP contribution in [0.1, 0.15) is 5.56 Å². The van der Waals surface area contributed by atoms with E-state index in [-0.39, 0.29) is 0 Å². The van der Waals surface area contributed by atoms with E-state index >= 15 is 0 Å². The zero-order valence-corrected chi connectivity index (χ0v) is 20.6. The third kappa shape index (κ3) is 4.38. The molecule has 8 heteroatoms. The lowest BCUT2D eigenvalue weighted by molar-refractivity contribution is 0.384. The number of aromatic nitrogens is 2. The van der Waals surface area contributed by atoms with Crippen LogP contribution in [-0.2, 0) is 10.0 Å². The number of piperazine rings is 1. The van der Waals surface area contributed by atoms with Crippen molar-refractivity contribution in [3.8, 4) is 11.4 Å². The van der Waals surface area contributed by atoms with Gasteiger partial charge in [0.05, 0.1) is 10.4 Å². The predicted octanol–water partition coefficient (Wildman–Crippen LogP) is 4.88. The van der Waals surface area contributed by atoms with Gasteiger partial charge in [-0.3, -0.25) is 0 Å². The summed E-state index contributed by atoms with van der Waals surface area (Å²) in [6.07, 6.45) is 0. The fourth-order valence-electron chi connectivity index (χ4n) is 4.06. The number of anilines is 1. The molecular formula is C25H23BrN4O2S. The van der Waals surface area contributed by atoms with Gasteiger partial charge in [0, 0.05) is 41.6 Å². The quantitative estimate of drug-likeness (QED) is 0.382. The van der Waals surface area contributed by atoms with Crippen molar-refractivity contribution in [1.82, 2.24) is 14.3 Å². The second kappa shape index (κ2) is 8.85. The minimum Gasteiger partial charge on any atom is -0.353 e. The van der Waals surface area contributed by atoms with E-state index in [2.05, 4.69) is 20.8 Å². The molecule has 0 N–H and O–H groups in total. The van der Waals surface area contributed by atoms with Crippen LogP contribution in [0.3, 0.4) is 0 Å². The monoisotopic (exact) mass is 522 g/mol. The van der Waals surface area contributed by atoms with Crippen LogP contribution in [0.5, 0.6) is 0 Å². The van der Waals surface area contributed by atoms with Crippen molar-refractivity contribution in [2.24, 2.45) is 0 Å². The molecule has 1 aliphatic rings. The summed E-state index contributed by atoms with van der Waals surface area (Å²) < 4.78 is 28.7. The van der Waals surface area contributed by atoms with Crippen LogP contribution in [-0.4, -0.2) is 48.9 Å². The maximum absolute atomic E-state index is 13.1. The molecule has 1 aromatic heterocycles. The van der Waals surface area contributed by atoms with Gasteiger partial charge in [0.15, 0.2) is 5.82 Å². The highest BCUT2D eigenvalue weighted by atomic mass is 79.9. The number of benzene rings is 3. The molecule has 3 aromatic carbocycles. The van der Waals surface area contributed by atoms with Crippen LogP contribution in [0.15, 0.2) is 82.2 Å². The number of nitrogens with zero attached hydrogens (tertiary/aromatic N) is 4. The molecule has 0 unspecified atom stereocenters. The van der Waals surface area contributed by atoms with E-state index in [0.29, 0.717) is 36.9 Å². The molecule has 0 saturated carbocycles. The van der Waals surface area contributed by atoms with E-state index in [4.69, 9.17) is 9.97 Å². The van der Waals surface area contributed by atoms with Crippen molar-refractivity contribution in [3.63, 3.8) is 0 Å². The number of hydrogen-bond acceptors (Lipinski definition) is 5. The van der Waals surface area contributed by atoms with Gasteiger partial charge in [-0.15, -0.1) is 0 Å².